The Balaban J connectivity index is 1.44. The first-order valence-electron chi connectivity index (χ1n) is 24.1. The molecule has 0 spiro atoms. The highest BCUT2D eigenvalue weighted by Gasteiger charge is 2.57. The zero-order valence-corrected chi connectivity index (χ0v) is 41.7. The molecule has 1 aliphatic carbocycles. The Kier molecular flexibility index (Phi) is 20.3. The molecule has 11 atom stereocenters. The van der Waals surface area contributed by atoms with Crippen molar-refractivity contribution in [3.63, 3.8) is 0 Å². The Labute approximate surface area is 400 Å². The molecule has 18 heteroatoms. The summed E-state index contributed by atoms with van der Waals surface area (Å²) >= 11 is 0. The van der Waals surface area contributed by atoms with E-state index in [9.17, 15) is 47.9 Å². The van der Waals surface area contributed by atoms with Crippen LogP contribution in [0.25, 0.3) is 0 Å². The number of hydrogen-bond acceptors (Lipinski definition) is 10. The van der Waals surface area contributed by atoms with Gasteiger partial charge in [0.2, 0.25) is 29.5 Å². The van der Waals surface area contributed by atoms with E-state index in [4.69, 9.17) is 9.47 Å². The predicted octanol–water partition coefficient (Wildman–Crippen LogP) is 3.97. The Morgan fingerprint density at radius 1 is 0.853 bits per heavy atom. The minimum atomic E-state index is -1.40. The number of piperidine rings is 1. The molecule has 1 aromatic carbocycles. The zero-order chi connectivity index (χ0) is 50.7. The largest absolute Gasteiger partial charge is 0.480 e. The van der Waals surface area contributed by atoms with Crippen LogP contribution in [-0.2, 0) is 54.3 Å². The number of aliphatic carboxylic acids is 1. The number of methoxy groups -OCH3 is 2. The van der Waals surface area contributed by atoms with E-state index in [0.717, 1.165) is 11.3 Å². The summed E-state index contributed by atoms with van der Waals surface area (Å²) < 4.78 is 26.4. The van der Waals surface area contributed by atoms with Crippen molar-refractivity contribution in [3.05, 3.63) is 47.8 Å². The van der Waals surface area contributed by atoms with Gasteiger partial charge in [0.1, 0.15) is 23.9 Å². The number of benzene rings is 1. The summed E-state index contributed by atoms with van der Waals surface area (Å²) in [6.45, 7) is 13.1. The molecule has 7 amide bonds. The summed E-state index contributed by atoms with van der Waals surface area (Å²) in [5.41, 5.74) is 0.147. The Hall–Kier alpha value is -5.23. The van der Waals surface area contributed by atoms with Gasteiger partial charge in [-0.05, 0) is 61.0 Å². The minimum absolute atomic E-state index is 0.0805. The highest BCUT2D eigenvalue weighted by atomic mass is 19.1. The number of carbonyl (C=O) groups excluding carboxylic acids is 7. The van der Waals surface area contributed by atoms with Gasteiger partial charge < -0.3 is 39.9 Å². The van der Waals surface area contributed by atoms with E-state index in [0.29, 0.717) is 32.1 Å². The Morgan fingerprint density at radius 3 is 2.06 bits per heavy atom. The van der Waals surface area contributed by atoms with Crippen LogP contribution in [0.5, 0.6) is 0 Å². The lowest BCUT2D eigenvalue weighted by Gasteiger charge is -2.41. The van der Waals surface area contributed by atoms with Gasteiger partial charge in [0.25, 0.3) is 11.8 Å². The van der Waals surface area contributed by atoms with E-state index in [1.54, 1.807) is 36.9 Å². The summed E-state index contributed by atoms with van der Waals surface area (Å²) in [4.78, 5) is 112. The lowest BCUT2D eigenvalue weighted by molar-refractivity contribution is -0.149. The maximum absolute atomic E-state index is 14.6. The fourth-order valence-electron chi connectivity index (χ4n) is 10.00. The molecule has 1 saturated carbocycles. The molecule has 68 heavy (non-hydrogen) atoms. The second kappa shape index (κ2) is 24.9. The van der Waals surface area contributed by atoms with Crippen LogP contribution < -0.4 is 10.6 Å². The molecule has 378 valence electrons. The summed E-state index contributed by atoms with van der Waals surface area (Å²) in [5.74, 6) is -6.07. The number of nitrogens with one attached hydrogen (secondary N) is 2. The minimum Gasteiger partial charge on any atom is -0.480 e. The van der Waals surface area contributed by atoms with Gasteiger partial charge in [-0.25, -0.2) is 9.18 Å². The van der Waals surface area contributed by atoms with Crippen LogP contribution in [-0.4, -0.2) is 155 Å². The normalized spacial score (nSPS) is 21.1. The van der Waals surface area contributed by atoms with E-state index in [2.05, 4.69) is 10.6 Å². The number of nitrogens with zero attached hydrogens (tertiary/aromatic N) is 4. The predicted molar refractivity (Wildman–Crippen MR) is 251 cm³/mol. The fraction of sp³-hybridized carbons (Fsp3) is 0.680. The fourth-order valence-corrected chi connectivity index (χ4v) is 10.00. The number of likely N-dealkylation sites (tertiary alicyclic amines) is 1. The highest BCUT2D eigenvalue weighted by molar-refractivity contribution is 6.12. The molecular formula is C50H75FN6O11. The third-order valence-corrected chi connectivity index (χ3v) is 14.2. The summed E-state index contributed by atoms with van der Waals surface area (Å²) in [6.07, 6.45) is 4.31. The lowest BCUT2D eigenvalue weighted by Crippen LogP contribution is -2.60. The number of amides is 7. The van der Waals surface area contributed by atoms with E-state index in [1.807, 2.05) is 41.5 Å². The maximum atomic E-state index is 14.6. The second-order valence-electron chi connectivity index (χ2n) is 19.6. The Bertz CT molecular complexity index is 2000. The molecule has 4 rings (SSSR count). The molecule has 17 nitrogen and oxygen atoms in total. The number of halogens is 1. The van der Waals surface area contributed by atoms with Gasteiger partial charge in [0.05, 0.1) is 36.6 Å². The van der Waals surface area contributed by atoms with Crippen molar-refractivity contribution in [2.45, 2.75) is 155 Å². The van der Waals surface area contributed by atoms with Gasteiger partial charge in [0.15, 0.2) is 0 Å². The molecular weight excluding hydrogens is 880 g/mol. The maximum Gasteiger partial charge on any atom is 0.326 e. The third kappa shape index (κ3) is 13.5. The molecule has 1 saturated heterocycles. The number of hydrogen-bond donors (Lipinski definition) is 3. The van der Waals surface area contributed by atoms with Gasteiger partial charge in [0, 0.05) is 65.9 Å². The topological polar surface area (TPSA) is 212 Å². The average molecular weight is 955 g/mol. The van der Waals surface area contributed by atoms with Crippen LogP contribution in [0.1, 0.15) is 105 Å². The van der Waals surface area contributed by atoms with Crippen LogP contribution >= 0.6 is 0 Å². The quantitative estimate of drug-likeness (QED) is 0.0849. The molecule has 1 aromatic rings. The van der Waals surface area contributed by atoms with Gasteiger partial charge >= 0.3 is 5.97 Å². The standard InChI is InChI=1S/C50H75FN6O11/c1-12-30(6)45(55(9)49(64)43(28(2)3)53-48(63)44(29(4)5)54(8)39(58)20-14-13-17-23-56-40(59)21-22-41(56)60)38(67-10)27-42(61)57-36-25-33(36)26-37(57)46(68-11)31(7)47(62)52-35(50(65)66)24-32-18-15-16-19-34(32)51/h15-16,18-19,21-22,28-31,33,35-38,43-46H,12-14,17,20,23-27H2,1-11H3,(H,52,62)(H,53,63)(H,65,66)/t30-,31+,33-,35-,36-,37-,38+,43-,44-,45-,46+/m0/s1. The van der Waals surface area contributed by atoms with Crippen molar-refractivity contribution in [2.24, 2.45) is 29.6 Å². The van der Waals surface area contributed by atoms with Crippen LogP contribution in [0.2, 0.25) is 0 Å². The van der Waals surface area contributed by atoms with Gasteiger partial charge in [-0.2, -0.15) is 0 Å². The van der Waals surface area contributed by atoms with Crippen LogP contribution in [0.4, 0.5) is 4.39 Å². The second-order valence-corrected chi connectivity index (χ2v) is 19.6. The Morgan fingerprint density at radius 2 is 1.50 bits per heavy atom. The summed E-state index contributed by atoms with van der Waals surface area (Å²) in [6, 6.07) is 1.30. The van der Waals surface area contributed by atoms with Crippen molar-refractivity contribution in [2.75, 3.05) is 34.9 Å². The van der Waals surface area contributed by atoms with Crippen LogP contribution in [0.15, 0.2) is 36.4 Å². The molecule has 0 unspecified atom stereocenters. The molecule has 0 bridgehead atoms. The molecule has 3 N–H and O–H groups in total. The van der Waals surface area contributed by atoms with Crippen molar-refractivity contribution >= 4 is 47.3 Å². The number of rotatable bonds is 27. The van der Waals surface area contributed by atoms with E-state index in [1.165, 1.54) is 49.5 Å². The van der Waals surface area contributed by atoms with Crippen LogP contribution in [0.3, 0.4) is 0 Å². The first-order valence-corrected chi connectivity index (χ1v) is 24.1. The monoisotopic (exact) mass is 955 g/mol. The van der Waals surface area contributed by atoms with Gasteiger partial charge in [-0.15, -0.1) is 0 Å². The smallest absolute Gasteiger partial charge is 0.326 e. The molecule has 2 aliphatic heterocycles. The van der Waals surface area contributed by atoms with E-state index in [-0.39, 0.29) is 90.6 Å². The van der Waals surface area contributed by atoms with E-state index < -0.39 is 71.9 Å². The summed E-state index contributed by atoms with van der Waals surface area (Å²) in [5, 5.41) is 15.5. The highest BCUT2D eigenvalue weighted by Crippen LogP contribution is 2.50. The number of ether oxygens (including phenoxy) is 2. The number of carbonyl (C=O) groups is 8. The number of fused-ring (bicyclic) bond motifs is 1. The lowest BCUT2D eigenvalue weighted by atomic mass is 9.89. The molecule has 2 fully saturated rings. The first-order chi connectivity index (χ1) is 32.1. The zero-order valence-electron chi connectivity index (χ0n) is 41.7. The third-order valence-electron chi connectivity index (χ3n) is 14.2. The van der Waals surface area contributed by atoms with E-state index >= 15 is 0 Å². The SMILES string of the molecule is CC[C@H](C)[C@@H]([C@@H](CC(=O)N1[C@H]2C[C@H]2C[C@H]1[C@H](OC)[C@@H](C)C(=O)N[C@@H](Cc1ccccc1F)C(=O)O)OC)N(C)C(=O)[C@@H](NC(=O)[C@H](C(C)C)N(C)C(=O)CCCCCN1C(=O)C=CC1=O)C(C)C. The van der Waals surface area contributed by atoms with Gasteiger partial charge in [-0.1, -0.05) is 79.5 Å². The number of carboxylic acids is 1. The van der Waals surface area contributed by atoms with Crippen molar-refractivity contribution in [3.8, 4) is 0 Å². The van der Waals surface area contributed by atoms with Crippen LogP contribution in [0, 0.1) is 35.4 Å². The molecule has 0 radical (unpaired) electrons. The molecule has 0 aromatic heterocycles. The molecule has 3 aliphatic rings. The van der Waals surface area contributed by atoms with Gasteiger partial charge in [-0.3, -0.25) is 38.5 Å². The summed E-state index contributed by atoms with van der Waals surface area (Å²) in [7, 11) is 6.16. The average Bonchev–Trinajstić information content (AvgIpc) is 3.84. The molecule has 2 heterocycles. The van der Waals surface area contributed by atoms with Crippen molar-refractivity contribution in [1.82, 2.24) is 30.2 Å². The first kappa shape index (κ1) is 55.4. The van der Waals surface area contributed by atoms with Crippen molar-refractivity contribution < 1.29 is 57.3 Å². The van der Waals surface area contributed by atoms with Crippen molar-refractivity contribution in [1.29, 1.82) is 0 Å². The number of likely N-dealkylation sites (N-methyl/N-ethyl adjacent to an activating group) is 2. The number of imide groups is 1. The number of carboxylic acid groups (broad SMARTS) is 1. The number of unbranched alkanes of at least 4 members (excludes halogenated alkanes) is 2.